The third kappa shape index (κ3) is 1.85. The van der Waals surface area contributed by atoms with Crippen LogP contribution in [-0.2, 0) is 4.79 Å². The maximum Gasteiger partial charge on any atom is 0.223 e. The summed E-state index contributed by atoms with van der Waals surface area (Å²) in [6, 6.07) is -0.160. The fourth-order valence-electron chi connectivity index (χ4n) is 1.11. The van der Waals surface area contributed by atoms with Gasteiger partial charge in [0.1, 0.15) is 0 Å². The Labute approximate surface area is 75.5 Å². The van der Waals surface area contributed by atoms with E-state index in [9.17, 15) is 4.79 Å². The molecule has 1 atom stereocenters. The van der Waals surface area contributed by atoms with Gasteiger partial charge in [0.25, 0.3) is 0 Å². The van der Waals surface area contributed by atoms with E-state index in [0.717, 1.165) is 12.8 Å². The van der Waals surface area contributed by atoms with Gasteiger partial charge in [0, 0.05) is 5.92 Å². The molecular formula is C8H11N3O2. The lowest BCUT2D eigenvalue weighted by atomic mass is 10.3. The molecule has 1 aromatic heterocycles. The third-order valence-corrected chi connectivity index (χ3v) is 2.07. The predicted molar refractivity (Wildman–Crippen MR) is 43.6 cm³/mol. The van der Waals surface area contributed by atoms with Crippen LogP contribution in [0.2, 0.25) is 0 Å². The van der Waals surface area contributed by atoms with Gasteiger partial charge in [-0.05, 0) is 19.8 Å². The number of carbonyl (C=O) groups is 1. The monoisotopic (exact) mass is 181 g/mol. The summed E-state index contributed by atoms with van der Waals surface area (Å²) in [6.07, 6.45) is 3.27. The average molecular weight is 181 g/mol. The number of carbonyl (C=O) groups excluding carboxylic acids is 1. The average Bonchev–Trinajstić information content (AvgIpc) is 2.81. The highest BCUT2D eigenvalue weighted by atomic mass is 16.5. The van der Waals surface area contributed by atoms with E-state index in [1.165, 1.54) is 6.39 Å². The minimum atomic E-state index is -0.160. The minimum absolute atomic E-state index is 0.0947. The maximum atomic E-state index is 11.3. The lowest BCUT2D eigenvalue weighted by Crippen LogP contribution is -2.28. The minimum Gasteiger partial charge on any atom is -0.346 e. The normalized spacial score (nSPS) is 18.2. The van der Waals surface area contributed by atoms with Crippen LogP contribution in [0, 0.1) is 5.92 Å². The summed E-state index contributed by atoms with van der Waals surface area (Å²) in [7, 11) is 0. The van der Waals surface area contributed by atoms with Crippen LogP contribution in [0.15, 0.2) is 10.9 Å². The number of hydrogen-bond acceptors (Lipinski definition) is 4. The van der Waals surface area contributed by atoms with E-state index >= 15 is 0 Å². The van der Waals surface area contributed by atoms with Crippen LogP contribution in [0.25, 0.3) is 0 Å². The van der Waals surface area contributed by atoms with Gasteiger partial charge in [-0.1, -0.05) is 5.16 Å². The van der Waals surface area contributed by atoms with E-state index in [1.54, 1.807) is 0 Å². The quantitative estimate of drug-likeness (QED) is 0.743. The van der Waals surface area contributed by atoms with Crippen LogP contribution in [0.1, 0.15) is 31.6 Å². The molecule has 70 valence electrons. The van der Waals surface area contributed by atoms with E-state index in [2.05, 4.69) is 20.0 Å². The smallest absolute Gasteiger partial charge is 0.223 e. The number of aromatic nitrogens is 2. The highest BCUT2D eigenvalue weighted by Crippen LogP contribution is 2.29. The van der Waals surface area contributed by atoms with Crippen LogP contribution in [0.4, 0.5) is 0 Å². The molecule has 1 saturated carbocycles. The van der Waals surface area contributed by atoms with Gasteiger partial charge in [-0.25, -0.2) is 0 Å². The molecule has 5 nitrogen and oxygen atoms in total. The molecule has 13 heavy (non-hydrogen) atoms. The predicted octanol–water partition coefficient (Wildman–Crippen LogP) is 0.657. The molecule has 1 heterocycles. The van der Waals surface area contributed by atoms with Gasteiger partial charge in [-0.2, -0.15) is 4.98 Å². The summed E-state index contributed by atoms with van der Waals surface area (Å²) in [5.41, 5.74) is 0. The van der Waals surface area contributed by atoms with Crippen LogP contribution in [0.3, 0.4) is 0 Å². The van der Waals surface area contributed by atoms with Crippen LogP contribution in [-0.4, -0.2) is 16.0 Å². The molecule has 1 amide bonds. The second-order valence-corrected chi connectivity index (χ2v) is 3.29. The van der Waals surface area contributed by atoms with E-state index in [1.807, 2.05) is 6.92 Å². The van der Waals surface area contributed by atoms with Gasteiger partial charge in [0.05, 0.1) is 6.04 Å². The summed E-state index contributed by atoms with van der Waals surface area (Å²) in [6.45, 7) is 1.84. The molecule has 5 heteroatoms. The summed E-state index contributed by atoms with van der Waals surface area (Å²) < 4.78 is 4.58. The molecule has 1 aromatic rings. The fraction of sp³-hybridized carbons (Fsp3) is 0.625. The van der Waals surface area contributed by atoms with Crippen molar-refractivity contribution in [1.82, 2.24) is 15.5 Å². The summed E-state index contributed by atoms with van der Waals surface area (Å²) in [5, 5.41) is 6.47. The van der Waals surface area contributed by atoms with Crippen molar-refractivity contribution in [2.75, 3.05) is 0 Å². The first-order valence-corrected chi connectivity index (χ1v) is 4.34. The fourth-order valence-corrected chi connectivity index (χ4v) is 1.11. The molecule has 1 N–H and O–H groups in total. The lowest BCUT2D eigenvalue weighted by molar-refractivity contribution is -0.123. The summed E-state index contributed by atoms with van der Waals surface area (Å²) in [4.78, 5) is 15.2. The zero-order valence-electron chi connectivity index (χ0n) is 7.36. The Morgan fingerprint density at radius 3 is 3.08 bits per heavy atom. The SMILES string of the molecule is CC(NC(=O)C1CC1)c1ncon1. The molecule has 0 spiro atoms. The standard InChI is InChI=1S/C8H11N3O2/c1-5(7-9-4-13-11-7)10-8(12)6-2-3-6/h4-6H,2-3H2,1H3,(H,10,12). The van der Waals surface area contributed by atoms with Crippen molar-refractivity contribution < 1.29 is 9.32 Å². The van der Waals surface area contributed by atoms with Crippen molar-refractivity contribution >= 4 is 5.91 Å². The van der Waals surface area contributed by atoms with Gasteiger partial charge >= 0.3 is 0 Å². The third-order valence-electron chi connectivity index (χ3n) is 2.07. The molecule has 2 rings (SSSR count). The molecule has 0 radical (unpaired) electrons. The van der Waals surface area contributed by atoms with Gasteiger partial charge in [0.15, 0.2) is 5.82 Å². The van der Waals surface area contributed by atoms with Gasteiger partial charge in [-0.3, -0.25) is 4.79 Å². The zero-order chi connectivity index (χ0) is 9.26. The van der Waals surface area contributed by atoms with E-state index in [0.29, 0.717) is 5.82 Å². The molecule has 0 saturated heterocycles. The molecule has 1 aliphatic rings. The maximum absolute atomic E-state index is 11.3. The van der Waals surface area contributed by atoms with E-state index in [4.69, 9.17) is 0 Å². The number of amides is 1. The van der Waals surface area contributed by atoms with Crippen molar-refractivity contribution in [3.63, 3.8) is 0 Å². The van der Waals surface area contributed by atoms with Crippen molar-refractivity contribution in [3.8, 4) is 0 Å². The van der Waals surface area contributed by atoms with Gasteiger partial charge in [-0.15, -0.1) is 0 Å². The number of rotatable bonds is 3. The Morgan fingerprint density at radius 1 is 1.77 bits per heavy atom. The van der Waals surface area contributed by atoms with Gasteiger partial charge in [0.2, 0.25) is 12.3 Å². The lowest BCUT2D eigenvalue weighted by Gasteiger charge is -2.08. The Kier molecular flexibility index (Phi) is 2.00. The second-order valence-electron chi connectivity index (χ2n) is 3.29. The number of hydrogen-bond donors (Lipinski definition) is 1. The molecule has 1 aliphatic carbocycles. The Bertz CT molecular complexity index is 292. The first-order chi connectivity index (χ1) is 6.27. The van der Waals surface area contributed by atoms with Gasteiger partial charge < -0.3 is 9.84 Å². The summed E-state index contributed by atoms with van der Waals surface area (Å²) in [5.74, 6) is 0.834. The summed E-state index contributed by atoms with van der Waals surface area (Å²) >= 11 is 0. The Hall–Kier alpha value is -1.39. The zero-order valence-corrected chi connectivity index (χ0v) is 7.36. The number of nitrogens with one attached hydrogen (secondary N) is 1. The molecule has 0 bridgehead atoms. The Balaban J connectivity index is 1.90. The van der Waals surface area contributed by atoms with Crippen molar-refractivity contribution in [2.45, 2.75) is 25.8 Å². The van der Waals surface area contributed by atoms with E-state index < -0.39 is 0 Å². The first-order valence-electron chi connectivity index (χ1n) is 4.34. The topological polar surface area (TPSA) is 68.0 Å². The molecule has 0 aromatic carbocycles. The molecule has 1 fully saturated rings. The van der Waals surface area contributed by atoms with Crippen molar-refractivity contribution in [3.05, 3.63) is 12.2 Å². The van der Waals surface area contributed by atoms with Crippen LogP contribution in [0.5, 0.6) is 0 Å². The largest absolute Gasteiger partial charge is 0.346 e. The highest BCUT2D eigenvalue weighted by molar-refractivity contribution is 5.81. The molecule has 1 unspecified atom stereocenters. The molecule has 0 aliphatic heterocycles. The Morgan fingerprint density at radius 2 is 2.54 bits per heavy atom. The second kappa shape index (κ2) is 3.16. The molecular weight excluding hydrogens is 170 g/mol. The first kappa shape index (κ1) is 8.22. The van der Waals surface area contributed by atoms with Crippen molar-refractivity contribution in [1.29, 1.82) is 0 Å². The van der Waals surface area contributed by atoms with E-state index in [-0.39, 0.29) is 17.9 Å². The highest BCUT2D eigenvalue weighted by Gasteiger charge is 2.30. The number of nitrogens with zero attached hydrogens (tertiary/aromatic N) is 2. The van der Waals surface area contributed by atoms with Crippen molar-refractivity contribution in [2.24, 2.45) is 5.92 Å². The van der Waals surface area contributed by atoms with Crippen LogP contribution < -0.4 is 5.32 Å². The van der Waals surface area contributed by atoms with Crippen LogP contribution >= 0.6 is 0 Å².